The summed E-state index contributed by atoms with van der Waals surface area (Å²) < 4.78 is 16.9. The maximum atomic E-state index is 10.4. The number of methoxy groups -OCH3 is 1. The van der Waals surface area contributed by atoms with E-state index >= 15 is 0 Å². The van der Waals surface area contributed by atoms with Crippen LogP contribution in [0.2, 0.25) is 0 Å². The first-order chi connectivity index (χ1) is 12.1. The number of ether oxygens (including phenoxy) is 3. The van der Waals surface area contributed by atoms with Gasteiger partial charge in [-0.2, -0.15) is 0 Å². The van der Waals surface area contributed by atoms with Gasteiger partial charge in [-0.3, -0.25) is 4.90 Å². The molecule has 5 nitrogen and oxygen atoms in total. The molecule has 0 bridgehead atoms. The van der Waals surface area contributed by atoms with E-state index in [0.29, 0.717) is 25.0 Å². The molecule has 25 heavy (non-hydrogen) atoms. The van der Waals surface area contributed by atoms with Crippen LogP contribution in [0, 0.1) is 11.8 Å². The number of rotatable bonds is 6. The standard InChI is InChI=1S/C20H31NO4/c1-14(2)10-17(22)15-4-6-21(7-5-15)13-16-11-19-20(12-18(16)23-3)25-9-8-24-19/h11-12,14-15,17,22H,4-10,13H2,1-3H3/t17-/m1/s1. The van der Waals surface area contributed by atoms with Crippen LogP contribution in [0.1, 0.15) is 38.7 Å². The predicted molar refractivity (Wildman–Crippen MR) is 97.4 cm³/mol. The molecule has 1 atom stereocenters. The van der Waals surface area contributed by atoms with E-state index in [4.69, 9.17) is 14.2 Å². The van der Waals surface area contributed by atoms with Gasteiger partial charge in [0.15, 0.2) is 11.5 Å². The Hall–Kier alpha value is -1.46. The normalized spacial score (nSPS) is 19.9. The molecule has 0 unspecified atom stereocenters. The molecule has 0 aliphatic carbocycles. The van der Waals surface area contributed by atoms with E-state index in [1.807, 2.05) is 12.1 Å². The second-order valence-corrected chi connectivity index (χ2v) is 7.62. The molecule has 5 heteroatoms. The minimum atomic E-state index is -0.161. The van der Waals surface area contributed by atoms with Crippen molar-refractivity contribution in [3.63, 3.8) is 0 Å². The molecule has 0 radical (unpaired) electrons. The zero-order valence-corrected chi connectivity index (χ0v) is 15.7. The van der Waals surface area contributed by atoms with Crippen molar-refractivity contribution in [3.05, 3.63) is 17.7 Å². The number of fused-ring (bicyclic) bond motifs is 1. The molecule has 2 heterocycles. The highest BCUT2D eigenvalue weighted by atomic mass is 16.6. The van der Waals surface area contributed by atoms with E-state index in [-0.39, 0.29) is 6.10 Å². The van der Waals surface area contributed by atoms with Gasteiger partial charge in [0.05, 0.1) is 13.2 Å². The molecular formula is C20H31NO4. The number of nitrogens with zero attached hydrogens (tertiary/aromatic N) is 1. The number of likely N-dealkylation sites (tertiary alicyclic amines) is 1. The zero-order chi connectivity index (χ0) is 17.8. The fourth-order valence-corrected chi connectivity index (χ4v) is 3.84. The van der Waals surface area contributed by atoms with Crippen molar-refractivity contribution in [2.24, 2.45) is 11.8 Å². The van der Waals surface area contributed by atoms with E-state index in [0.717, 1.165) is 61.7 Å². The summed E-state index contributed by atoms with van der Waals surface area (Å²) in [6.45, 7) is 8.39. The third-order valence-electron chi connectivity index (χ3n) is 5.23. The number of aliphatic hydroxyl groups is 1. The lowest BCUT2D eigenvalue weighted by Crippen LogP contribution is -2.37. The Kier molecular flexibility index (Phi) is 6.07. The van der Waals surface area contributed by atoms with Crippen LogP contribution in [-0.4, -0.2) is 49.5 Å². The van der Waals surface area contributed by atoms with Gasteiger partial charge >= 0.3 is 0 Å². The summed E-state index contributed by atoms with van der Waals surface area (Å²) in [7, 11) is 1.70. The second kappa shape index (κ2) is 8.28. The Balaban J connectivity index is 1.60. The number of hydrogen-bond acceptors (Lipinski definition) is 5. The van der Waals surface area contributed by atoms with Gasteiger partial charge < -0.3 is 19.3 Å². The van der Waals surface area contributed by atoms with Crippen LogP contribution in [0.25, 0.3) is 0 Å². The van der Waals surface area contributed by atoms with Crippen molar-refractivity contribution in [1.82, 2.24) is 4.90 Å². The second-order valence-electron chi connectivity index (χ2n) is 7.62. The molecule has 1 N–H and O–H groups in total. The van der Waals surface area contributed by atoms with Gasteiger partial charge in [-0.15, -0.1) is 0 Å². The molecule has 0 aromatic heterocycles. The molecule has 1 aromatic carbocycles. The van der Waals surface area contributed by atoms with Crippen molar-refractivity contribution < 1.29 is 19.3 Å². The van der Waals surface area contributed by atoms with Gasteiger partial charge in [0.1, 0.15) is 19.0 Å². The fourth-order valence-electron chi connectivity index (χ4n) is 3.84. The van der Waals surface area contributed by atoms with Crippen LogP contribution in [0.15, 0.2) is 12.1 Å². The fraction of sp³-hybridized carbons (Fsp3) is 0.700. The Morgan fingerprint density at radius 2 is 1.80 bits per heavy atom. The molecule has 1 fully saturated rings. The number of aliphatic hydroxyl groups excluding tert-OH is 1. The highest BCUT2D eigenvalue weighted by molar-refractivity contribution is 5.51. The summed E-state index contributed by atoms with van der Waals surface area (Å²) in [5.74, 6) is 3.41. The molecule has 1 aromatic rings. The van der Waals surface area contributed by atoms with Gasteiger partial charge in [-0.05, 0) is 50.3 Å². The number of benzene rings is 1. The lowest BCUT2D eigenvalue weighted by Gasteiger charge is -2.35. The first kappa shape index (κ1) is 18.3. The van der Waals surface area contributed by atoms with Gasteiger partial charge in [0.2, 0.25) is 0 Å². The van der Waals surface area contributed by atoms with E-state index in [2.05, 4.69) is 18.7 Å². The molecule has 1 saturated heterocycles. The first-order valence-electron chi connectivity index (χ1n) is 9.43. The van der Waals surface area contributed by atoms with Crippen LogP contribution in [-0.2, 0) is 6.54 Å². The average molecular weight is 349 g/mol. The predicted octanol–water partition coefficient (Wildman–Crippen LogP) is 3.09. The molecule has 2 aliphatic rings. The minimum absolute atomic E-state index is 0.161. The van der Waals surface area contributed by atoms with E-state index in [1.54, 1.807) is 7.11 Å². The molecule has 0 saturated carbocycles. The van der Waals surface area contributed by atoms with Crippen molar-refractivity contribution in [3.8, 4) is 17.2 Å². The van der Waals surface area contributed by atoms with Gasteiger partial charge in [-0.25, -0.2) is 0 Å². The Morgan fingerprint density at radius 1 is 1.16 bits per heavy atom. The molecule has 0 spiro atoms. The quantitative estimate of drug-likeness (QED) is 0.855. The Morgan fingerprint density at radius 3 is 2.40 bits per heavy atom. The van der Waals surface area contributed by atoms with Crippen LogP contribution in [0.3, 0.4) is 0 Å². The Bertz CT molecular complexity index is 567. The number of hydrogen-bond donors (Lipinski definition) is 1. The van der Waals surface area contributed by atoms with E-state index in [1.165, 1.54) is 0 Å². The smallest absolute Gasteiger partial charge is 0.165 e. The lowest BCUT2D eigenvalue weighted by molar-refractivity contribution is 0.0434. The molecule has 0 amide bonds. The van der Waals surface area contributed by atoms with Crippen molar-refractivity contribution in [2.75, 3.05) is 33.4 Å². The average Bonchev–Trinajstić information content (AvgIpc) is 2.61. The zero-order valence-electron chi connectivity index (χ0n) is 15.7. The van der Waals surface area contributed by atoms with E-state index in [9.17, 15) is 5.11 Å². The largest absolute Gasteiger partial charge is 0.496 e. The highest BCUT2D eigenvalue weighted by Crippen LogP contribution is 2.37. The highest BCUT2D eigenvalue weighted by Gasteiger charge is 2.26. The van der Waals surface area contributed by atoms with Gasteiger partial charge in [-0.1, -0.05) is 13.8 Å². The summed E-state index contributed by atoms with van der Waals surface area (Å²) in [4.78, 5) is 2.44. The first-order valence-corrected chi connectivity index (χ1v) is 9.43. The third kappa shape index (κ3) is 4.59. The van der Waals surface area contributed by atoms with E-state index < -0.39 is 0 Å². The summed E-state index contributed by atoms with van der Waals surface area (Å²) in [6.07, 6.45) is 2.85. The lowest BCUT2D eigenvalue weighted by atomic mass is 9.87. The van der Waals surface area contributed by atoms with Crippen LogP contribution < -0.4 is 14.2 Å². The molecule has 3 rings (SSSR count). The van der Waals surface area contributed by atoms with Crippen LogP contribution >= 0.6 is 0 Å². The Labute approximate surface area is 150 Å². The molecule has 140 valence electrons. The summed E-state index contributed by atoms with van der Waals surface area (Å²) in [5.41, 5.74) is 1.13. The molecule has 2 aliphatic heterocycles. The van der Waals surface area contributed by atoms with Gasteiger partial charge in [0.25, 0.3) is 0 Å². The SMILES string of the molecule is COc1cc2c(cc1CN1CCC([C@H](O)CC(C)C)CC1)OCCO2. The third-order valence-corrected chi connectivity index (χ3v) is 5.23. The summed E-state index contributed by atoms with van der Waals surface area (Å²) in [6, 6.07) is 3.98. The van der Waals surface area contributed by atoms with Crippen molar-refractivity contribution in [1.29, 1.82) is 0 Å². The monoisotopic (exact) mass is 349 g/mol. The maximum absolute atomic E-state index is 10.4. The van der Waals surface area contributed by atoms with Crippen LogP contribution in [0.4, 0.5) is 0 Å². The maximum Gasteiger partial charge on any atom is 0.165 e. The summed E-state index contributed by atoms with van der Waals surface area (Å²) >= 11 is 0. The topological polar surface area (TPSA) is 51.2 Å². The van der Waals surface area contributed by atoms with Gasteiger partial charge in [0, 0.05) is 18.2 Å². The number of piperidine rings is 1. The van der Waals surface area contributed by atoms with Crippen molar-refractivity contribution in [2.45, 2.75) is 45.8 Å². The minimum Gasteiger partial charge on any atom is -0.496 e. The van der Waals surface area contributed by atoms with Crippen molar-refractivity contribution >= 4 is 0 Å². The summed E-state index contributed by atoms with van der Waals surface area (Å²) in [5, 5.41) is 10.4. The molecular weight excluding hydrogens is 318 g/mol. The van der Waals surface area contributed by atoms with Crippen LogP contribution in [0.5, 0.6) is 17.2 Å².